The number of ether oxygens (including phenoxy) is 1. The molecule has 100 valence electrons. The monoisotopic (exact) mass is 264 g/mol. The molecule has 1 aliphatic rings. The van der Waals surface area contributed by atoms with Gasteiger partial charge in [0.2, 0.25) is 5.88 Å². The molecule has 1 aromatic heterocycles. The van der Waals surface area contributed by atoms with E-state index in [1.54, 1.807) is 0 Å². The van der Waals surface area contributed by atoms with Gasteiger partial charge in [0.1, 0.15) is 17.4 Å². The molecule has 20 heavy (non-hydrogen) atoms. The van der Waals surface area contributed by atoms with Crippen LogP contribution in [0.3, 0.4) is 0 Å². The molecule has 3 heteroatoms. The van der Waals surface area contributed by atoms with Crippen molar-refractivity contribution < 1.29 is 4.74 Å². The summed E-state index contributed by atoms with van der Waals surface area (Å²) in [5.74, 6) is 1.16. The van der Waals surface area contributed by atoms with Crippen LogP contribution < -0.4 is 4.74 Å². The lowest BCUT2D eigenvalue weighted by atomic mass is 10.1. The molecule has 0 amide bonds. The van der Waals surface area contributed by atoms with Crippen LogP contribution in [0.25, 0.3) is 0 Å². The number of benzene rings is 1. The second-order valence-electron chi connectivity index (χ2n) is 5.26. The first-order valence-corrected chi connectivity index (χ1v) is 6.85. The van der Waals surface area contributed by atoms with Crippen LogP contribution in [0.4, 0.5) is 0 Å². The van der Waals surface area contributed by atoms with Gasteiger partial charge in [-0.25, -0.2) is 4.98 Å². The summed E-state index contributed by atoms with van der Waals surface area (Å²) in [7, 11) is 0. The third-order valence-electron chi connectivity index (χ3n) is 3.83. The van der Waals surface area contributed by atoms with Gasteiger partial charge in [-0.05, 0) is 68.0 Å². The molecule has 0 atom stereocenters. The Morgan fingerprint density at radius 2 is 2.00 bits per heavy atom. The molecule has 3 rings (SSSR count). The van der Waals surface area contributed by atoms with Crippen LogP contribution in [-0.2, 0) is 12.8 Å². The number of pyridine rings is 1. The number of nitrogens with zero attached hydrogens (tertiary/aromatic N) is 2. The molecule has 0 bridgehead atoms. The minimum Gasteiger partial charge on any atom is -0.438 e. The van der Waals surface area contributed by atoms with E-state index < -0.39 is 0 Å². The summed E-state index contributed by atoms with van der Waals surface area (Å²) in [5, 5.41) is 9.26. The molecular formula is C17H16N2O. The van der Waals surface area contributed by atoms with Crippen LogP contribution >= 0.6 is 0 Å². The van der Waals surface area contributed by atoms with Crippen molar-refractivity contribution in [3.05, 3.63) is 52.2 Å². The topological polar surface area (TPSA) is 45.9 Å². The summed E-state index contributed by atoms with van der Waals surface area (Å²) in [6, 6.07) is 10.0. The van der Waals surface area contributed by atoms with Crippen LogP contribution in [-0.4, -0.2) is 4.98 Å². The van der Waals surface area contributed by atoms with Gasteiger partial charge in [-0.2, -0.15) is 5.26 Å². The van der Waals surface area contributed by atoms with Gasteiger partial charge in [0.05, 0.1) is 0 Å². The van der Waals surface area contributed by atoms with E-state index in [1.165, 1.54) is 16.7 Å². The average molecular weight is 264 g/mol. The fourth-order valence-corrected chi connectivity index (χ4v) is 2.50. The Morgan fingerprint density at radius 1 is 1.15 bits per heavy atom. The maximum absolute atomic E-state index is 9.26. The zero-order chi connectivity index (χ0) is 14.1. The van der Waals surface area contributed by atoms with Crippen LogP contribution in [0.15, 0.2) is 24.3 Å². The summed E-state index contributed by atoms with van der Waals surface area (Å²) in [6.45, 7) is 4.11. The highest BCUT2D eigenvalue weighted by Crippen LogP contribution is 2.29. The third kappa shape index (κ3) is 2.25. The average Bonchev–Trinajstić information content (AvgIpc) is 2.89. The van der Waals surface area contributed by atoms with Crippen molar-refractivity contribution in [2.75, 3.05) is 0 Å². The van der Waals surface area contributed by atoms with E-state index in [1.807, 2.05) is 31.2 Å². The first kappa shape index (κ1) is 12.7. The maximum Gasteiger partial charge on any atom is 0.237 e. The van der Waals surface area contributed by atoms with E-state index >= 15 is 0 Å². The molecule has 0 spiro atoms. The van der Waals surface area contributed by atoms with Crippen molar-refractivity contribution in [2.45, 2.75) is 33.1 Å². The number of hydrogen-bond acceptors (Lipinski definition) is 3. The Balaban J connectivity index is 1.98. The van der Waals surface area contributed by atoms with Crippen LogP contribution in [0, 0.1) is 25.2 Å². The third-order valence-corrected chi connectivity index (χ3v) is 3.83. The molecule has 2 aromatic rings. The maximum atomic E-state index is 9.26. The predicted molar refractivity (Wildman–Crippen MR) is 77.0 cm³/mol. The number of aryl methyl sites for hydroxylation is 4. The predicted octanol–water partition coefficient (Wildman–Crippen LogP) is 3.85. The van der Waals surface area contributed by atoms with Crippen LogP contribution in [0.1, 0.15) is 34.4 Å². The van der Waals surface area contributed by atoms with Crippen LogP contribution in [0.5, 0.6) is 11.6 Å². The first-order chi connectivity index (χ1) is 9.67. The van der Waals surface area contributed by atoms with E-state index in [9.17, 15) is 5.26 Å². The lowest BCUT2D eigenvalue weighted by molar-refractivity contribution is 0.459. The normalized spacial score (nSPS) is 12.8. The molecular weight excluding hydrogens is 248 g/mol. The lowest BCUT2D eigenvalue weighted by Gasteiger charge is -2.10. The van der Waals surface area contributed by atoms with E-state index in [4.69, 9.17) is 4.74 Å². The lowest BCUT2D eigenvalue weighted by Crippen LogP contribution is -1.97. The Morgan fingerprint density at radius 3 is 2.75 bits per heavy atom. The number of rotatable bonds is 2. The molecule has 0 radical (unpaired) electrons. The van der Waals surface area contributed by atoms with Gasteiger partial charge in [0.25, 0.3) is 0 Å². The highest BCUT2D eigenvalue weighted by Gasteiger charge is 2.17. The summed E-state index contributed by atoms with van der Waals surface area (Å²) in [4.78, 5) is 4.53. The van der Waals surface area contributed by atoms with Gasteiger partial charge >= 0.3 is 0 Å². The van der Waals surface area contributed by atoms with Crippen molar-refractivity contribution in [3.8, 4) is 17.7 Å². The smallest absolute Gasteiger partial charge is 0.237 e. The SMILES string of the molecule is Cc1ccc(Oc2nc3c(cc2C#N)CCC3)cc1C. The van der Waals surface area contributed by atoms with Gasteiger partial charge in [0, 0.05) is 5.69 Å². The second kappa shape index (κ2) is 4.97. The number of fused-ring (bicyclic) bond motifs is 1. The molecule has 1 heterocycles. The zero-order valence-corrected chi connectivity index (χ0v) is 11.7. The van der Waals surface area contributed by atoms with Crippen LogP contribution in [0.2, 0.25) is 0 Å². The van der Waals surface area contributed by atoms with Crippen molar-refractivity contribution in [1.82, 2.24) is 4.98 Å². The highest BCUT2D eigenvalue weighted by atomic mass is 16.5. The Bertz CT molecular complexity index is 714. The summed E-state index contributed by atoms with van der Waals surface area (Å²) >= 11 is 0. The zero-order valence-electron chi connectivity index (χ0n) is 11.7. The largest absolute Gasteiger partial charge is 0.438 e. The van der Waals surface area contributed by atoms with Gasteiger partial charge < -0.3 is 4.74 Å². The second-order valence-corrected chi connectivity index (χ2v) is 5.26. The molecule has 0 unspecified atom stereocenters. The van der Waals surface area contributed by atoms with Crippen molar-refractivity contribution >= 4 is 0 Å². The Labute approximate surface area is 118 Å². The van der Waals surface area contributed by atoms with E-state index in [0.717, 1.165) is 30.7 Å². The number of hydrogen-bond donors (Lipinski definition) is 0. The van der Waals surface area contributed by atoms with E-state index in [-0.39, 0.29) is 0 Å². The highest BCUT2D eigenvalue weighted by molar-refractivity contribution is 5.46. The minimum atomic E-state index is 0.427. The molecule has 3 nitrogen and oxygen atoms in total. The van der Waals surface area contributed by atoms with Crippen molar-refractivity contribution in [2.24, 2.45) is 0 Å². The summed E-state index contributed by atoms with van der Waals surface area (Å²) < 4.78 is 5.83. The molecule has 0 saturated heterocycles. The summed E-state index contributed by atoms with van der Waals surface area (Å²) in [6.07, 6.45) is 3.10. The fraction of sp³-hybridized carbons (Fsp3) is 0.294. The van der Waals surface area contributed by atoms with Gasteiger partial charge in [-0.3, -0.25) is 0 Å². The summed E-state index contributed by atoms with van der Waals surface area (Å²) in [5.41, 5.74) is 5.17. The quantitative estimate of drug-likeness (QED) is 0.827. The molecule has 0 fully saturated rings. The van der Waals surface area contributed by atoms with Crippen molar-refractivity contribution in [3.63, 3.8) is 0 Å². The Kier molecular flexibility index (Phi) is 3.15. The first-order valence-electron chi connectivity index (χ1n) is 6.85. The molecule has 1 aliphatic carbocycles. The molecule has 0 saturated carbocycles. The fourth-order valence-electron chi connectivity index (χ4n) is 2.50. The Hall–Kier alpha value is -2.34. The van der Waals surface area contributed by atoms with Gasteiger partial charge in [-0.15, -0.1) is 0 Å². The standard InChI is InChI=1S/C17H16N2O/c1-11-6-7-15(8-12(11)2)20-17-14(10-18)9-13-4-3-5-16(13)19-17/h6-9H,3-5H2,1-2H3. The van der Waals surface area contributed by atoms with Gasteiger partial charge in [-0.1, -0.05) is 6.07 Å². The van der Waals surface area contributed by atoms with Crippen molar-refractivity contribution in [1.29, 1.82) is 5.26 Å². The number of nitriles is 1. The van der Waals surface area contributed by atoms with E-state index in [2.05, 4.69) is 18.0 Å². The van der Waals surface area contributed by atoms with Gasteiger partial charge in [0.15, 0.2) is 0 Å². The molecule has 1 aromatic carbocycles. The minimum absolute atomic E-state index is 0.427. The molecule has 0 aliphatic heterocycles. The molecule has 0 N–H and O–H groups in total. The number of aromatic nitrogens is 1. The van der Waals surface area contributed by atoms with E-state index in [0.29, 0.717) is 11.4 Å².